The van der Waals surface area contributed by atoms with Crippen LogP contribution in [0.15, 0.2) is 48.5 Å². The topological polar surface area (TPSA) is 59.4 Å². The maximum absolute atomic E-state index is 14.3. The van der Waals surface area contributed by atoms with Crippen LogP contribution < -0.4 is 5.43 Å². The predicted molar refractivity (Wildman–Crippen MR) is 113 cm³/mol. The van der Waals surface area contributed by atoms with E-state index in [0.717, 1.165) is 17.5 Å². The summed E-state index contributed by atoms with van der Waals surface area (Å²) in [5.41, 5.74) is 5.32. The van der Waals surface area contributed by atoms with Gasteiger partial charge in [-0.2, -0.15) is 0 Å². The van der Waals surface area contributed by atoms with Gasteiger partial charge in [-0.1, -0.05) is 43.7 Å². The Bertz CT molecular complexity index is 1010. The van der Waals surface area contributed by atoms with Crippen LogP contribution in [0.3, 0.4) is 0 Å². The van der Waals surface area contributed by atoms with Crippen LogP contribution in [0.2, 0.25) is 0 Å². The van der Waals surface area contributed by atoms with E-state index < -0.39 is 6.04 Å². The first-order chi connectivity index (χ1) is 14.7. The molecule has 1 saturated heterocycles. The van der Waals surface area contributed by atoms with E-state index in [1.807, 2.05) is 39.9 Å². The number of hydrogen-bond donors (Lipinski definition) is 1. The third-order valence-electron chi connectivity index (χ3n) is 5.43. The van der Waals surface area contributed by atoms with Crippen LogP contribution >= 0.6 is 0 Å². The summed E-state index contributed by atoms with van der Waals surface area (Å²) >= 11 is 0. The molecule has 1 unspecified atom stereocenters. The van der Waals surface area contributed by atoms with Crippen molar-refractivity contribution >= 4 is 16.9 Å². The van der Waals surface area contributed by atoms with Gasteiger partial charge in [-0.05, 0) is 30.2 Å². The molecular weight excluding hydrogens is 383 g/mol. The third-order valence-corrected chi connectivity index (χ3v) is 5.43. The highest BCUT2D eigenvalue weighted by atomic mass is 19.1. The van der Waals surface area contributed by atoms with Gasteiger partial charge >= 0.3 is 0 Å². The quantitative estimate of drug-likeness (QED) is 0.648. The monoisotopic (exact) mass is 410 g/mol. The average molecular weight is 410 g/mol. The summed E-state index contributed by atoms with van der Waals surface area (Å²) in [5, 5.41) is 1.91. The van der Waals surface area contributed by atoms with Gasteiger partial charge in [-0.3, -0.25) is 10.2 Å². The van der Waals surface area contributed by atoms with Crippen LogP contribution in [0.5, 0.6) is 0 Å². The van der Waals surface area contributed by atoms with Crippen LogP contribution in [0.1, 0.15) is 37.2 Å². The van der Waals surface area contributed by atoms with Gasteiger partial charge in [0.1, 0.15) is 17.7 Å². The lowest BCUT2D eigenvalue weighted by atomic mass is 10.1. The highest BCUT2D eigenvalue weighted by molar-refractivity contribution is 5.84. The zero-order valence-electron chi connectivity index (χ0n) is 17.2. The molecule has 0 radical (unpaired) electrons. The van der Waals surface area contributed by atoms with E-state index in [1.54, 1.807) is 12.1 Å². The average Bonchev–Trinajstić information content (AvgIpc) is 3.12. The van der Waals surface area contributed by atoms with Crippen LogP contribution in [0, 0.1) is 5.82 Å². The normalized spacial score (nSPS) is 15.9. The second kappa shape index (κ2) is 9.36. The lowest BCUT2D eigenvalue weighted by Crippen LogP contribution is -2.50. The fourth-order valence-electron chi connectivity index (χ4n) is 3.94. The van der Waals surface area contributed by atoms with E-state index in [1.165, 1.54) is 6.07 Å². The summed E-state index contributed by atoms with van der Waals surface area (Å²) in [6.45, 7) is 4.59. The summed E-state index contributed by atoms with van der Waals surface area (Å²) < 4.78 is 21.7. The minimum absolute atomic E-state index is 0.0725. The van der Waals surface area contributed by atoms with Crippen molar-refractivity contribution < 1.29 is 13.9 Å². The van der Waals surface area contributed by atoms with Gasteiger partial charge in [0.15, 0.2) is 0 Å². The first-order valence-corrected chi connectivity index (χ1v) is 10.5. The molecule has 1 aliphatic rings. The molecule has 1 atom stereocenters. The number of nitrogens with zero attached hydrogens (tertiary/aromatic N) is 3. The van der Waals surface area contributed by atoms with E-state index in [2.05, 4.69) is 12.3 Å². The largest absolute Gasteiger partial charge is 0.379 e. The number of hydrazine groups is 1. The Morgan fingerprint density at radius 1 is 1.17 bits per heavy atom. The van der Waals surface area contributed by atoms with Crippen LogP contribution in [0.4, 0.5) is 4.39 Å². The van der Waals surface area contributed by atoms with E-state index >= 15 is 0 Å². The van der Waals surface area contributed by atoms with E-state index in [4.69, 9.17) is 9.72 Å². The number of rotatable bonds is 7. The number of nitrogens with one attached hydrogen (secondary N) is 1. The second-order valence-corrected chi connectivity index (χ2v) is 7.53. The van der Waals surface area contributed by atoms with Crippen molar-refractivity contribution in [2.75, 3.05) is 26.3 Å². The lowest BCUT2D eigenvalue weighted by molar-refractivity contribution is -0.131. The maximum Gasteiger partial charge on any atom is 0.257 e. The van der Waals surface area contributed by atoms with Crippen molar-refractivity contribution in [3.8, 4) is 0 Å². The summed E-state index contributed by atoms with van der Waals surface area (Å²) in [6, 6.07) is 14.1. The zero-order valence-corrected chi connectivity index (χ0v) is 17.2. The molecule has 2 heterocycles. The number of fused-ring (bicyclic) bond motifs is 1. The fraction of sp³-hybridized carbons (Fsp3) is 0.391. The van der Waals surface area contributed by atoms with Gasteiger partial charge in [0.25, 0.3) is 5.91 Å². The van der Waals surface area contributed by atoms with Crippen molar-refractivity contribution in [2.45, 2.75) is 32.2 Å². The first-order valence-electron chi connectivity index (χ1n) is 10.5. The fourth-order valence-corrected chi connectivity index (χ4v) is 3.94. The van der Waals surface area contributed by atoms with E-state index in [9.17, 15) is 9.18 Å². The Morgan fingerprint density at radius 2 is 1.90 bits per heavy atom. The Morgan fingerprint density at radius 3 is 2.67 bits per heavy atom. The van der Waals surface area contributed by atoms with Gasteiger partial charge < -0.3 is 9.30 Å². The molecule has 1 fully saturated rings. The molecule has 6 nitrogen and oxygen atoms in total. The molecule has 0 spiro atoms. The predicted octanol–water partition coefficient (Wildman–Crippen LogP) is 3.47. The van der Waals surface area contributed by atoms with Crippen molar-refractivity contribution in [2.24, 2.45) is 0 Å². The highest BCUT2D eigenvalue weighted by Gasteiger charge is 2.27. The number of aromatic nitrogens is 2. The summed E-state index contributed by atoms with van der Waals surface area (Å²) in [5.74, 6) is 0.356. The Hall–Kier alpha value is -2.77. The lowest BCUT2D eigenvalue weighted by Gasteiger charge is -2.29. The number of ether oxygens (including phenoxy) is 1. The highest BCUT2D eigenvalue weighted by Crippen LogP contribution is 2.27. The molecule has 2 aromatic carbocycles. The minimum atomic E-state index is -0.424. The van der Waals surface area contributed by atoms with Crippen molar-refractivity contribution in [3.63, 3.8) is 0 Å². The number of carbonyl (C=O) groups excluding carboxylic acids is 1. The smallest absolute Gasteiger partial charge is 0.257 e. The molecule has 0 saturated carbocycles. The van der Waals surface area contributed by atoms with Crippen molar-refractivity contribution in [3.05, 3.63) is 65.7 Å². The Labute approximate surface area is 175 Å². The van der Waals surface area contributed by atoms with Crippen molar-refractivity contribution in [1.82, 2.24) is 20.0 Å². The summed E-state index contributed by atoms with van der Waals surface area (Å²) in [6.07, 6.45) is 1.83. The second-order valence-electron chi connectivity index (χ2n) is 7.53. The Kier molecular flexibility index (Phi) is 6.40. The standard InChI is InChI=1S/C23H27FN4O2/c1-2-7-21(23(29)26-27-12-14-30-15-13-27)28-20-11-6-5-10-19(20)25-22(28)16-17-8-3-4-9-18(17)24/h3-6,8-11,21H,2,7,12-16H2,1H3,(H,26,29). The van der Waals surface area contributed by atoms with Gasteiger partial charge in [-0.25, -0.2) is 14.4 Å². The molecule has 30 heavy (non-hydrogen) atoms. The van der Waals surface area contributed by atoms with Gasteiger partial charge in [0, 0.05) is 19.5 Å². The molecule has 3 aromatic rings. The van der Waals surface area contributed by atoms with E-state index in [-0.39, 0.29) is 11.7 Å². The third kappa shape index (κ3) is 4.37. The molecule has 1 aromatic heterocycles. The number of carbonyl (C=O) groups is 1. The number of morpholine rings is 1. The van der Waals surface area contributed by atoms with Crippen molar-refractivity contribution in [1.29, 1.82) is 0 Å². The SMILES string of the molecule is CCCC(C(=O)NN1CCOCC1)n1c(Cc2ccccc2F)nc2ccccc21. The number of benzene rings is 2. The number of para-hydroxylation sites is 2. The molecular formula is C23H27FN4O2. The molecule has 4 rings (SSSR count). The molecule has 0 bridgehead atoms. The van der Waals surface area contributed by atoms with E-state index in [0.29, 0.717) is 50.5 Å². The van der Waals surface area contributed by atoms with Crippen LogP contribution in [-0.2, 0) is 16.0 Å². The molecule has 1 amide bonds. The minimum Gasteiger partial charge on any atom is -0.379 e. The van der Waals surface area contributed by atoms with Gasteiger partial charge in [0.05, 0.1) is 24.2 Å². The zero-order chi connectivity index (χ0) is 20.9. The molecule has 0 aliphatic carbocycles. The summed E-state index contributed by atoms with van der Waals surface area (Å²) in [4.78, 5) is 18.1. The van der Waals surface area contributed by atoms with Gasteiger partial charge in [-0.15, -0.1) is 0 Å². The van der Waals surface area contributed by atoms with Crippen LogP contribution in [-0.4, -0.2) is 46.8 Å². The number of imidazole rings is 1. The molecule has 1 aliphatic heterocycles. The summed E-state index contributed by atoms with van der Waals surface area (Å²) in [7, 11) is 0. The number of hydrogen-bond acceptors (Lipinski definition) is 4. The number of halogens is 1. The number of amides is 1. The molecule has 1 N–H and O–H groups in total. The maximum atomic E-state index is 14.3. The van der Waals surface area contributed by atoms with Crippen LogP contribution in [0.25, 0.3) is 11.0 Å². The van der Waals surface area contributed by atoms with Gasteiger partial charge in [0.2, 0.25) is 0 Å². The Balaban J connectivity index is 1.71. The molecule has 7 heteroatoms. The first kappa shape index (κ1) is 20.5. The molecule has 158 valence electrons.